The molecule has 11 bridgehead atoms. The van der Waals surface area contributed by atoms with Crippen LogP contribution in [0.2, 0.25) is 5.02 Å². The number of halogens is 1. The molecule has 39 heteroatoms. The first-order valence-electron chi connectivity index (χ1n) is 41.8. The largest absolute Gasteiger partial charge is 0.508 e. The van der Waals surface area contributed by atoms with Gasteiger partial charge in [-0.3, -0.25) is 38.4 Å². The third-order valence-electron chi connectivity index (χ3n) is 23.9. The first-order chi connectivity index (χ1) is 61.3. The highest BCUT2D eigenvalue weighted by molar-refractivity contribution is 6.32. The number of nitrogens with two attached hydrogens (primary N) is 2. The lowest BCUT2D eigenvalue weighted by Gasteiger charge is -2.48. The molecule has 22 atom stereocenters. The van der Waals surface area contributed by atoms with Gasteiger partial charge in [-0.1, -0.05) is 98.2 Å². The molecule has 0 saturated carbocycles. The van der Waals surface area contributed by atoms with Crippen molar-refractivity contribution in [1.82, 2.24) is 47.9 Å². The second-order valence-electron chi connectivity index (χ2n) is 34.0. The van der Waals surface area contributed by atoms with Gasteiger partial charge in [0.15, 0.2) is 36.2 Å². The number of rotatable bonds is 20. The number of ether oxygens (including phenoxy) is 8. The lowest BCUT2D eigenvalue weighted by atomic mass is 9.85. The second kappa shape index (κ2) is 38.4. The number of aromatic hydroxyl groups is 3. The van der Waals surface area contributed by atoms with Crippen LogP contribution in [-0.4, -0.2) is 227 Å². The Morgan fingerprint density at radius 1 is 0.651 bits per heavy atom. The molecule has 0 radical (unpaired) electrons. The fraction of sp³-hybridized carbons (Fsp3) is 0.411. The van der Waals surface area contributed by atoms with Crippen molar-refractivity contribution in [2.45, 2.75) is 207 Å². The van der Waals surface area contributed by atoms with E-state index >= 15 is 24.0 Å². The Balaban J connectivity index is 0.932. The first kappa shape index (κ1) is 93.2. The van der Waals surface area contributed by atoms with Crippen molar-refractivity contribution in [3.05, 3.63) is 178 Å². The quantitative estimate of drug-likeness (QED) is 0.0488. The second-order valence-corrected chi connectivity index (χ2v) is 34.4. The number of fused-ring (bicyclic) bond motifs is 18. The van der Waals surface area contributed by atoms with Crippen LogP contribution in [0.4, 0.5) is 0 Å². The van der Waals surface area contributed by atoms with Crippen LogP contribution in [0.5, 0.6) is 46.0 Å². The monoisotopic (exact) mass is 1800 g/mol. The molecule has 0 aromatic heterocycles. The predicted octanol–water partition coefficient (Wildman–Crippen LogP) is 2.94. The summed E-state index contributed by atoms with van der Waals surface area (Å²) in [5.41, 5.74) is 7.72. The van der Waals surface area contributed by atoms with E-state index in [2.05, 4.69) is 47.9 Å². The van der Waals surface area contributed by atoms with Gasteiger partial charge >= 0.3 is 5.97 Å². The van der Waals surface area contributed by atoms with E-state index in [4.69, 9.17) is 61.0 Å². The van der Waals surface area contributed by atoms with Gasteiger partial charge < -0.3 is 148 Å². The van der Waals surface area contributed by atoms with Gasteiger partial charge in [0, 0.05) is 47.7 Å². The molecular formula is C90H102ClN11O27. The summed E-state index contributed by atoms with van der Waals surface area (Å²) < 4.78 is 52.8. The van der Waals surface area contributed by atoms with Gasteiger partial charge in [-0.15, -0.1) is 0 Å². The minimum absolute atomic E-state index is 0.0609. The van der Waals surface area contributed by atoms with E-state index in [1.165, 1.54) is 71.1 Å². The predicted molar refractivity (Wildman–Crippen MR) is 458 cm³/mol. The highest BCUT2D eigenvalue weighted by Crippen LogP contribution is 2.50. The Bertz CT molecular complexity index is 5640. The Morgan fingerprint density at radius 2 is 1.29 bits per heavy atom. The van der Waals surface area contributed by atoms with Crippen LogP contribution in [0.1, 0.15) is 131 Å². The number of hydrogen-bond acceptors (Lipinski definition) is 29. The number of carboxylic acid groups (broad SMARTS) is 1. The summed E-state index contributed by atoms with van der Waals surface area (Å²) in [6.07, 6.45) is -23.7. The molecule has 3 saturated heterocycles. The molecule has 8 aromatic carbocycles. The van der Waals surface area contributed by atoms with Crippen LogP contribution >= 0.6 is 11.6 Å². The molecule has 129 heavy (non-hydrogen) atoms. The Kier molecular flexibility index (Phi) is 27.7. The maximum atomic E-state index is 16.6. The number of carboxylic acids is 1. The van der Waals surface area contributed by atoms with Crippen molar-refractivity contribution in [1.29, 1.82) is 0 Å². The molecule has 0 unspecified atom stereocenters. The zero-order valence-electron chi connectivity index (χ0n) is 70.8. The molecule has 686 valence electrons. The number of hydrogen-bond donors (Lipinski definition) is 21. The number of amides is 8. The van der Waals surface area contributed by atoms with E-state index in [0.717, 1.165) is 75.6 Å². The van der Waals surface area contributed by atoms with E-state index in [1.807, 2.05) is 68.4 Å². The van der Waals surface area contributed by atoms with Gasteiger partial charge in [0.2, 0.25) is 59.3 Å². The van der Waals surface area contributed by atoms with E-state index in [1.54, 1.807) is 0 Å². The van der Waals surface area contributed by atoms with Crippen molar-refractivity contribution in [3.63, 3.8) is 0 Å². The summed E-state index contributed by atoms with van der Waals surface area (Å²) in [5, 5.41) is 145. The molecule has 38 nitrogen and oxygen atoms in total. The van der Waals surface area contributed by atoms with Crippen molar-refractivity contribution in [2.75, 3.05) is 20.2 Å². The molecule has 8 aliphatic heterocycles. The number of benzene rings is 8. The van der Waals surface area contributed by atoms with Gasteiger partial charge in [-0.2, -0.15) is 0 Å². The number of likely N-dealkylation sites (N-methyl/N-ethyl adjacent to an activating group) is 1. The molecule has 23 N–H and O–H groups in total. The molecular weight excluding hydrogens is 1700 g/mol. The van der Waals surface area contributed by atoms with Crippen LogP contribution in [0.15, 0.2) is 140 Å². The Labute approximate surface area is 742 Å². The van der Waals surface area contributed by atoms with Crippen molar-refractivity contribution in [3.8, 4) is 57.1 Å². The van der Waals surface area contributed by atoms with Crippen LogP contribution < -0.4 is 73.5 Å². The van der Waals surface area contributed by atoms with Crippen molar-refractivity contribution < 1.29 is 132 Å². The minimum Gasteiger partial charge on any atom is -0.508 e. The maximum absolute atomic E-state index is 16.6. The SMILES string of the molecule is CN[C@H](CC(C)C)C(=O)N[C@H]1C(=O)N[C@@H](CC(N)=O)C(=O)N[C@H]2C(=O)N[C@H]3C(=O)N[C@H](C(=O)N[C@H](C(=O)O)c4cc(O)cc(O)c4-c4cc3ccc4O)[C@H](O[C@H]3C[C@](C)(N)[C@@H](O)[C@H](C)O3)c3ccc(cc3)Oc3cc2cc(c3O[C@@H]2O[C@H](CO)[C@@H](O)[C@H](O)[C@H]2O[C@H]2C[C@](C)(NC(=O)CNCc3cc4ccccc4c4ccccc34)[C@@H](O)[C@H](C)O2)Oc2ccc(cc2Cl)[C@H]1O. The number of primary amides is 1. The summed E-state index contributed by atoms with van der Waals surface area (Å²) in [6.45, 7) is 8.61. The average Bonchev–Trinajstić information content (AvgIpc) is 0.758. The molecule has 0 aliphatic carbocycles. The topological polar surface area (TPSA) is 590 Å². The van der Waals surface area contributed by atoms with Crippen LogP contribution in [0.25, 0.3) is 32.7 Å². The number of aliphatic carboxylic acids is 1. The van der Waals surface area contributed by atoms with Crippen molar-refractivity contribution in [2.24, 2.45) is 17.4 Å². The molecule has 8 aliphatic rings. The van der Waals surface area contributed by atoms with E-state index in [0.29, 0.717) is 0 Å². The standard InChI is InChI=1S/C90H102ClN11O27/c1-38(2)24-55(94-7)81(114)100-71-73(109)44-19-23-59(54(91)27-44)125-61-29-45-28-60(77(61)129-88-78(75(111)74(110)62(37-103)126-88)128-66-34-90(6,80(113)40(4)123-66)102-64(108)36-95-35-46-25-42-12-8-9-13-49(42)51-15-11-10-14-50(46)51)124-48-20-16-41(17-21-48)76(127-65-33-89(5,93)79(112)39(3)122-65)72-86(119)99-70(87(120)121)53-30-47(104)31-58(106)67(53)52-26-43(18-22-57(52)105)68(83(116)101-72)98-84(117)69(45)97-82(115)56(32-63(92)107)96-85(71)118/h8-23,25-31,38-40,55-56,62,65-66,68-76,78-80,88,94-95,103-106,109-113H,24,32-37,93H2,1-7H3,(H2,92,107)(H,96,118)(H,97,115)(H,98,117)(H,99,119)(H,100,114)(H,101,116)(H,102,108)(H,120,121)/t39-,40-,55+,56-,62+,65-,66-,68+,69+,70-,71+,72-,73+,74+,75-,76+,78+,79-,80-,88-,89-,90-/m0/s1. The highest BCUT2D eigenvalue weighted by Gasteiger charge is 2.54. The number of carbonyl (C=O) groups excluding carboxylic acids is 8. The molecule has 8 heterocycles. The Morgan fingerprint density at radius 3 is 1.97 bits per heavy atom. The number of aliphatic hydroxyl groups excluding tert-OH is 6. The Hall–Kier alpha value is -12.0. The highest BCUT2D eigenvalue weighted by atomic mass is 35.5. The van der Waals surface area contributed by atoms with Crippen LogP contribution in [0.3, 0.4) is 0 Å². The summed E-state index contributed by atoms with van der Waals surface area (Å²) in [5.74, 6) is -16.4. The summed E-state index contributed by atoms with van der Waals surface area (Å²) in [7, 11) is 1.47. The number of phenolic OH excluding ortho intramolecular Hbond substituents is 3. The van der Waals surface area contributed by atoms with E-state index < -0.39 is 256 Å². The van der Waals surface area contributed by atoms with Crippen LogP contribution in [0, 0.1) is 5.92 Å². The molecule has 8 aromatic rings. The van der Waals surface area contributed by atoms with Gasteiger partial charge in [-0.25, -0.2) is 4.79 Å². The first-order valence-corrected chi connectivity index (χ1v) is 42.1. The lowest BCUT2D eigenvalue weighted by molar-refractivity contribution is -0.334. The molecule has 16 rings (SSSR count). The van der Waals surface area contributed by atoms with Gasteiger partial charge in [0.05, 0.1) is 54.5 Å². The van der Waals surface area contributed by atoms with E-state index in [9.17, 15) is 70.2 Å². The van der Waals surface area contributed by atoms with E-state index in [-0.39, 0.29) is 71.5 Å². The summed E-state index contributed by atoms with van der Waals surface area (Å²) in [4.78, 5) is 135. The molecule has 0 spiro atoms. The number of carbonyl (C=O) groups is 9. The number of aliphatic hydroxyl groups is 6. The fourth-order valence-electron chi connectivity index (χ4n) is 17.3. The lowest BCUT2D eigenvalue weighted by Crippen LogP contribution is -2.66. The normalized spacial score (nSPS) is 29.2. The number of nitrogens with one attached hydrogen (secondary N) is 9. The zero-order valence-corrected chi connectivity index (χ0v) is 71.6. The molecule has 3 fully saturated rings. The molecule has 8 amide bonds. The third kappa shape index (κ3) is 19.9. The van der Waals surface area contributed by atoms with Crippen LogP contribution in [-0.2, 0) is 73.4 Å². The third-order valence-corrected chi connectivity index (χ3v) is 24.2. The van der Waals surface area contributed by atoms with Gasteiger partial charge in [0.25, 0.3) is 0 Å². The zero-order chi connectivity index (χ0) is 92.7. The minimum atomic E-state index is -2.39. The average molecular weight is 1810 g/mol. The number of phenols is 3. The van der Waals surface area contributed by atoms with Gasteiger partial charge in [0.1, 0.15) is 95.6 Å². The smallest absolute Gasteiger partial charge is 0.330 e. The van der Waals surface area contributed by atoms with Crippen molar-refractivity contribution >= 4 is 86.4 Å². The summed E-state index contributed by atoms with van der Waals surface area (Å²) in [6, 6.07) is 19.0. The maximum Gasteiger partial charge on any atom is 0.330 e. The van der Waals surface area contributed by atoms with Gasteiger partial charge in [-0.05, 0) is 157 Å². The summed E-state index contributed by atoms with van der Waals surface area (Å²) >= 11 is 7.23. The fourth-order valence-corrected chi connectivity index (χ4v) is 17.5.